The molecule has 2 aromatic carbocycles. The van der Waals surface area contributed by atoms with E-state index >= 15 is 0 Å². The molecule has 1 aliphatic heterocycles. The molecule has 0 aliphatic carbocycles. The number of carbonyl (C=O) groups is 1. The molecule has 3 nitrogen and oxygen atoms in total. The van der Waals surface area contributed by atoms with E-state index in [9.17, 15) is 44.3 Å². The van der Waals surface area contributed by atoms with E-state index in [1.54, 1.807) is 0 Å². The Balaban J connectivity index is 1.99. The van der Waals surface area contributed by atoms with Crippen molar-refractivity contribution >= 4 is 6.09 Å². The Kier molecular flexibility index (Phi) is 7.31. The van der Waals surface area contributed by atoms with Crippen molar-refractivity contribution in [3.63, 3.8) is 0 Å². The molecular formula is C24H22F9NO2. The van der Waals surface area contributed by atoms with Gasteiger partial charge in [0.05, 0.1) is 22.7 Å². The summed E-state index contributed by atoms with van der Waals surface area (Å²) in [7, 11) is 0. The van der Waals surface area contributed by atoms with Crippen LogP contribution < -0.4 is 0 Å². The van der Waals surface area contributed by atoms with Gasteiger partial charge in [-0.3, -0.25) is 4.90 Å². The Morgan fingerprint density at radius 1 is 0.806 bits per heavy atom. The average Bonchev–Trinajstić information content (AvgIpc) is 3.00. The normalized spacial score (nSPS) is 19.2. The van der Waals surface area contributed by atoms with Gasteiger partial charge in [0.2, 0.25) is 0 Å². The van der Waals surface area contributed by atoms with Crippen LogP contribution in [0.3, 0.4) is 0 Å². The Labute approximate surface area is 200 Å². The van der Waals surface area contributed by atoms with Crippen molar-refractivity contribution in [1.29, 1.82) is 0 Å². The molecule has 198 valence electrons. The summed E-state index contributed by atoms with van der Waals surface area (Å²) in [6.45, 7) is 4.67. The topological polar surface area (TPSA) is 29.5 Å². The van der Waals surface area contributed by atoms with Gasteiger partial charge in [-0.25, -0.2) is 4.79 Å². The van der Waals surface area contributed by atoms with Crippen molar-refractivity contribution in [2.45, 2.75) is 64.4 Å². The van der Waals surface area contributed by atoms with Crippen LogP contribution in [0.2, 0.25) is 0 Å². The molecule has 1 amide bonds. The Morgan fingerprint density at radius 3 is 1.81 bits per heavy atom. The predicted molar refractivity (Wildman–Crippen MR) is 111 cm³/mol. The maximum Gasteiger partial charge on any atom is 0.416 e. The molecule has 12 heteroatoms. The van der Waals surface area contributed by atoms with E-state index in [4.69, 9.17) is 4.74 Å². The molecule has 1 fully saturated rings. The highest BCUT2D eigenvalue weighted by Gasteiger charge is 2.43. The molecule has 1 heterocycles. The number of hydrogen-bond donors (Lipinski definition) is 0. The Hall–Kier alpha value is -2.92. The highest BCUT2D eigenvalue weighted by atomic mass is 19.4. The summed E-state index contributed by atoms with van der Waals surface area (Å²) < 4.78 is 125. The van der Waals surface area contributed by atoms with Crippen LogP contribution in [0.4, 0.5) is 44.3 Å². The largest absolute Gasteiger partial charge is 0.439 e. The third-order valence-electron chi connectivity index (χ3n) is 5.83. The van der Waals surface area contributed by atoms with Gasteiger partial charge in [-0.05, 0) is 66.3 Å². The summed E-state index contributed by atoms with van der Waals surface area (Å²) in [4.78, 5) is 13.6. The molecule has 36 heavy (non-hydrogen) atoms. The van der Waals surface area contributed by atoms with Crippen molar-refractivity contribution in [2.24, 2.45) is 5.92 Å². The molecule has 0 aromatic heterocycles. The molecule has 0 unspecified atom stereocenters. The lowest BCUT2D eigenvalue weighted by atomic mass is 9.94. The molecule has 2 aromatic rings. The van der Waals surface area contributed by atoms with Crippen LogP contribution in [0.5, 0.6) is 0 Å². The monoisotopic (exact) mass is 527 g/mol. The first-order chi connectivity index (χ1) is 16.4. The maximum atomic E-state index is 13.3. The number of carbonyl (C=O) groups excluding carboxylic acids is 1. The van der Waals surface area contributed by atoms with Gasteiger partial charge < -0.3 is 4.74 Å². The number of cyclic esters (lactones) is 1. The molecule has 1 aliphatic rings. The highest BCUT2D eigenvalue weighted by Crippen LogP contribution is 2.41. The summed E-state index contributed by atoms with van der Waals surface area (Å²) >= 11 is 0. The number of halogens is 9. The van der Waals surface area contributed by atoms with E-state index in [2.05, 4.69) is 0 Å². The number of alkyl halides is 9. The fourth-order valence-electron chi connectivity index (χ4n) is 4.07. The first-order valence-electron chi connectivity index (χ1n) is 10.8. The SMILES string of the molecule is CC(C)Cc1ccc(C(F)(F)F)cc1CN1C(=O)O[C@H](c2cc(C(F)(F)F)cc(C(F)(F)F)c2)[C@@H]1C. The van der Waals surface area contributed by atoms with Crippen molar-refractivity contribution in [2.75, 3.05) is 0 Å². The van der Waals surface area contributed by atoms with Crippen LogP contribution in [-0.4, -0.2) is 17.0 Å². The summed E-state index contributed by atoms with van der Waals surface area (Å²) in [6, 6.07) is 2.94. The number of rotatable bonds is 5. The fourth-order valence-corrected chi connectivity index (χ4v) is 4.07. The van der Waals surface area contributed by atoms with Crippen LogP contribution >= 0.6 is 0 Å². The fraction of sp³-hybridized carbons (Fsp3) is 0.458. The third-order valence-corrected chi connectivity index (χ3v) is 5.83. The molecule has 2 atom stereocenters. The van der Waals surface area contributed by atoms with Gasteiger partial charge in [-0.15, -0.1) is 0 Å². The van der Waals surface area contributed by atoms with Crippen molar-refractivity contribution in [3.8, 4) is 0 Å². The van der Waals surface area contributed by atoms with Crippen molar-refractivity contribution in [3.05, 3.63) is 69.8 Å². The van der Waals surface area contributed by atoms with Crippen LogP contribution in [0, 0.1) is 5.92 Å². The first-order valence-corrected chi connectivity index (χ1v) is 10.8. The molecule has 0 radical (unpaired) electrons. The van der Waals surface area contributed by atoms with Gasteiger partial charge in [-0.1, -0.05) is 19.9 Å². The van der Waals surface area contributed by atoms with Gasteiger partial charge in [0.25, 0.3) is 0 Å². The quantitative estimate of drug-likeness (QED) is 0.369. The van der Waals surface area contributed by atoms with Gasteiger partial charge >= 0.3 is 24.6 Å². The smallest absolute Gasteiger partial charge is 0.416 e. The average molecular weight is 527 g/mol. The van der Waals surface area contributed by atoms with Gasteiger partial charge in [0.1, 0.15) is 6.10 Å². The van der Waals surface area contributed by atoms with Gasteiger partial charge in [-0.2, -0.15) is 39.5 Å². The number of ether oxygens (including phenoxy) is 1. The number of amides is 1. The summed E-state index contributed by atoms with van der Waals surface area (Å²) in [5.74, 6) is 0.0575. The second-order valence-electron chi connectivity index (χ2n) is 9.09. The molecule has 1 saturated heterocycles. The molecule has 0 spiro atoms. The van der Waals surface area contributed by atoms with E-state index in [0.29, 0.717) is 24.1 Å². The molecule has 0 bridgehead atoms. The van der Waals surface area contributed by atoms with E-state index in [-0.39, 0.29) is 24.1 Å². The van der Waals surface area contributed by atoms with Crippen LogP contribution in [0.15, 0.2) is 36.4 Å². The minimum Gasteiger partial charge on any atom is -0.439 e. The van der Waals surface area contributed by atoms with Crippen LogP contribution in [-0.2, 0) is 36.2 Å². The first kappa shape index (κ1) is 27.7. The lowest BCUT2D eigenvalue weighted by molar-refractivity contribution is -0.143. The summed E-state index contributed by atoms with van der Waals surface area (Å²) in [5.41, 5.74) is -3.92. The van der Waals surface area contributed by atoms with Crippen LogP contribution in [0.1, 0.15) is 60.3 Å². The van der Waals surface area contributed by atoms with Gasteiger partial charge in [0.15, 0.2) is 0 Å². The summed E-state index contributed by atoms with van der Waals surface area (Å²) in [6.07, 6.45) is -17.0. The second-order valence-corrected chi connectivity index (χ2v) is 9.09. The van der Waals surface area contributed by atoms with Crippen molar-refractivity contribution in [1.82, 2.24) is 4.90 Å². The molecule has 0 N–H and O–H groups in total. The number of hydrogen-bond acceptors (Lipinski definition) is 2. The zero-order valence-electron chi connectivity index (χ0n) is 19.3. The molecule has 3 rings (SSSR count). The molecule has 0 saturated carbocycles. The molecular weight excluding hydrogens is 505 g/mol. The third kappa shape index (κ3) is 6.07. The van der Waals surface area contributed by atoms with Gasteiger partial charge in [0, 0.05) is 6.54 Å². The van der Waals surface area contributed by atoms with E-state index < -0.39 is 59.0 Å². The number of benzene rings is 2. The highest BCUT2D eigenvalue weighted by molar-refractivity contribution is 5.71. The van der Waals surface area contributed by atoms with Crippen LogP contribution in [0.25, 0.3) is 0 Å². The number of nitrogens with zero attached hydrogens (tertiary/aromatic N) is 1. The zero-order valence-corrected chi connectivity index (χ0v) is 19.3. The van der Waals surface area contributed by atoms with E-state index in [1.165, 1.54) is 13.0 Å². The van der Waals surface area contributed by atoms with Crippen molar-refractivity contribution < 1.29 is 49.0 Å². The Bertz CT molecular complexity index is 1090. The Morgan fingerprint density at radius 2 is 1.33 bits per heavy atom. The minimum atomic E-state index is -5.09. The standard InChI is InChI=1S/C24H22F9NO2/c1-12(2)6-14-4-5-17(22(25,26)27)9-16(14)11-34-13(3)20(36-21(34)35)15-7-18(23(28,29)30)10-19(8-15)24(31,32)33/h4-5,7-10,12-13,20H,6,11H2,1-3H3/t13-,20-/m0/s1. The lowest BCUT2D eigenvalue weighted by Gasteiger charge is -2.24. The zero-order chi connectivity index (χ0) is 27.2. The summed E-state index contributed by atoms with van der Waals surface area (Å²) in [5, 5.41) is 0. The lowest BCUT2D eigenvalue weighted by Crippen LogP contribution is -2.32. The predicted octanol–water partition coefficient (Wildman–Crippen LogP) is 8.02. The second kappa shape index (κ2) is 9.51. The minimum absolute atomic E-state index is 0.0382. The maximum absolute atomic E-state index is 13.3. The van der Waals surface area contributed by atoms with E-state index in [0.717, 1.165) is 17.0 Å². The van der Waals surface area contributed by atoms with E-state index in [1.807, 2.05) is 13.8 Å².